The maximum Gasteiger partial charge on any atom is 0.341 e. The van der Waals surface area contributed by atoms with Gasteiger partial charge in [0.15, 0.2) is 0 Å². The van der Waals surface area contributed by atoms with Crippen molar-refractivity contribution >= 4 is 5.97 Å². The lowest BCUT2D eigenvalue weighted by Gasteiger charge is -2.08. The molecule has 0 amide bonds. The van der Waals surface area contributed by atoms with Gasteiger partial charge in [0, 0.05) is 12.7 Å². The van der Waals surface area contributed by atoms with Crippen LogP contribution in [0.25, 0.3) is 0 Å². The highest BCUT2D eigenvalue weighted by atomic mass is 16.5. The second-order valence-corrected chi connectivity index (χ2v) is 4.90. The van der Waals surface area contributed by atoms with Gasteiger partial charge in [-0.15, -0.1) is 0 Å². The van der Waals surface area contributed by atoms with E-state index >= 15 is 0 Å². The Morgan fingerprint density at radius 3 is 2.90 bits per heavy atom. The van der Waals surface area contributed by atoms with Crippen LogP contribution in [-0.2, 0) is 17.8 Å². The van der Waals surface area contributed by atoms with E-state index < -0.39 is 0 Å². The molecule has 7 heteroatoms. The Hall–Kier alpha value is -2.18. The summed E-state index contributed by atoms with van der Waals surface area (Å²) in [5.41, 5.74) is 0.446. The highest BCUT2D eigenvalue weighted by Crippen LogP contribution is 2.05. The topological polar surface area (TPSA) is 74.8 Å². The van der Waals surface area contributed by atoms with Gasteiger partial charge in [-0.1, -0.05) is 13.8 Å². The third-order valence-corrected chi connectivity index (χ3v) is 2.68. The van der Waals surface area contributed by atoms with E-state index in [9.17, 15) is 4.79 Å². The van der Waals surface area contributed by atoms with Gasteiger partial charge in [0.25, 0.3) is 0 Å². The van der Waals surface area contributed by atoms with E-state index in [0.29, 0.717) is 24.6 Å². The minimum atomic E-state index is -0.359. The highest BCUT2D eigenvalue weighted by Gasteiger charge is 2.11. The largest absolute Gasteiger partial charge is 0.462 e. The molecule has 2 rings (SSSR count). The number of esters is 1. The average Bonchev–Trinajstić information content (AvgIpc) is 3.00. The molecule has 0 aliphatic rings. The van der Waals surface area contributed by atoms with Crippen molar-refractivity contribution in [3.63, 3.8) is 0 Å². The van der Waals surface area contributed by atoms with E-state index in [0.717, 1.165) is 12.4 Å². The van der Waals surface area contributed by atoms with Gasteiger partial charge in [-0.05, 0) is 12.8 Å². The minimum absolute atomic E-state index is 0.354. The molecule has 0 bridgehead atoms. The Labute approximate surface area is 117 Å². The minimum Gasteiger partial charge on any atom is -0.462 e. The molecule has 0 atom stereocenters. The van der Waals surface area contributed by atoms with Gasteiger partial charge >= 0.3 is 5.97 Å². The van der Waals surface area contributed by atoms with Crippen molar-refractivity contribution in [2.75, 3.05) is 6.61 Å². The van der Waals surface area contributed by atoms with Crippen LogP contribution in [0.1, 0.15) is 37.0 Å². The van der Waals surface area contributed by atoms with E-state index in [1.165, 1.54) is 12.5 Å². The standard InChI is InChI=1S/C13H19N5O2/c1-4-20-13(19)11-5-15-17(7-11)8-12-14-9-16-18(12)6-10(2)3/h5,7,9-10H,4,6,8H2,1-3H3. The second-order valence-electron chi connectivity index (χ2n) is 4.90. The third kappa shape index (κ3) is 3.43. The zero-order valence-electron chi connectivity index (χ0n) is 12.0. The number of aromatic nitrogens is 5. The predicted molar refractivity (Wildman–Crippen MR) is 72.1 cm³/mol. The SMILES string of the molecule is CCOC(=O)c1cnn(Cc2ncnn2CC(C)C)c1. The Balaban J connectivity index is 2.07. The first-order valence-corrected chi connectivity index (χ1v) is 6.66. The summed E-state index contributed by atoms with van der Waals surface area (Å²) in [7, 11) is 0. The van der Waals surface area contributed by atoms with Gasteiger partial charge in [0.1, 0.15) is 18.7 Å². The summed E-state index contributed by atoms with van der Waals surface area (Å²) >= 11 is 0. The van der Waals surface area contributed by atoms with E-state index in [2.05, 4.69) is 29.0 Å². The van der Waals surface area contributed by atoms with E-state index in [4.69, 9.17) is 4.74 Å². The quantitative estimate of drug-likeness (QED) is 0.745. The van der Waals surface area contributed by atoms with Crippen molar-refractivity contribution in [2.24, 2.45) is 5.92 Å². The maximum atomic E-state index is 11.6. The molecule has 0 saturated carbocycles. The summed E-state index contributed by atoms with van der Waals surface area (Å²) in [4.78, 5) is 15.8. The third-order valence-electron chi connectivity index (χ3n) is 2.68. The van der Waals surface area contributed by atoms with Crippen LogP contribution in [0.5, 0.6) is 0 Å². The molecule has 0 aliphatic carbocycles. The molecule has 2 heterocycles. The summed E-state index contributed by atoms with van der Waals surface area (Å²) < 4.78 is 8.44. The molecule has 7 nitrogen and oxygen atoms in total. The number of carbonyl (C=O) groups is 1. The van der Waals surface area contributed by atoms with Crippen molar-refractivity contribution in [3.05, 3.63) is 30.1 Å². The van der Waals surface area contributed by atoms with Gasteiger partial charge in [-0.25, -0.2) is 14.5 Å². The second kappa shape index (κ2) is 6.31. The number of carbonyl (C=O) groups excluding carboxylic acids is 1. The fraction of sp³-hybridized carbons (Fsp3) is 0.538. The lowest BCUT2D eigenvalue weighted by atomic mass is 10.2. The summed E-state index contributed by atoms with van der Waals surface area (Å²) in [6.45, 7) is 7.66. The number of hydrogen-bond donors (Lipinski definition) is 0. The van der Waals surface area contributed by atoms with Gasteiger partial charge in [-0.2, -0.15) is 10.2 Å². The van der Waals surface area contributed by atoms with Crippen LogP contribution in [0, 0.1) is 5.92 Å². The molecule has 0 radical (unpaired) electrons. The first-order chi connectivity index (χ1) is 9.60. The van der Waals surface area contributed by atoms with Crippen molar-refractivity contribution in [3.8, 4) is 0 Å². The Bertz CT molecular complexity index is 573. The zero-order chi connectivity index (χ0) is 14.5. The van der Waals surface area contributed by atoms with Crippen molar-refractivity contribution in [2.45, 2.75) is 33.9 Å². The first-order valence-electron chi connectivity index (χ1n) is 6.66. The number of rotatable bonds is 6. The molecular formula is C13H19N5O2. The molecular weight excluding hydrogens is 258 g/mol. The normalized spacial score (nSPS) is 11.0. The van der Waals surface area contributed by atoms with Crippen molar-refractivity contribution in [1.82, 2.24) is 24.5 Å². The zero-order valence-corrected chi connectivity index (χ0v) is 12.0. The molecule has 0 aliphatic heterocycles. The molecule has 0 aromatic carbocycles. The van der Waals surface area contributed by atoms with Crippen LogP contribution in [0.2, 0.25) is 0 Å². The number of hydrogen-bond acceptors (Lipinski definition) is 5. The first kappa shape index (κ1) is 14.2. The van der Waals surface area contributed by atoms with Crippen LogP contribution in [0.15, 0.2) is 18.7 Å². The molecule has 0 spiro atoms. The molecule has 0 saturated heterocycles. The molecule has 2 aromatic heterocycles. The van der Waals surface area contributed by atoms with E-state index in [-0.39, 0.29) is 5.97 Å². The van der Waals surface area contributed by atoms with Crippen LogP contribution >= 0.6 is 0 Å². The average molecular weight is 277 g/mol. The fourth-order valence-corrected chi connectivity index (χ4v) is 1.82. The van der Waals surface area contributed by atoms with Crippen molar-refractivity contribution < 1.29 is 9.53 Å². The summed E-state index contributed by atoms with van der Waals surface area (Å²) in [5, 5.41) is 8.35. The van der Waals surface area contributed by atoms with Crippen LogP contribution in [0.4, 0.5) is 0 Å². The van der Waals surface area contributed by atoms with Crippen LogP contribution in [-0.4, -0.2) is 37.1 Å². The van der Waals surface area contributed by atoms with Crippen LogP contribution < -0.4 is 0 Å². The van der Waals surface area contributed by atoms with E-state index in [1.54, 1.807) is 17.8 Å². The molecule has 20 heavy (non-hydrogen) atoms. The summed E-state index contributed by atoms with van der Waals surface area (Å²) in [5.74, 6) is 0.947. The van der Waals surface area contributed by atoms with Crippen molar-refractivity contribution in [1.29, 1.82) is 0 Å². The highest BCUT2D eigenvalue weighted by molar-refractivity contribution is 5.88. The summed E-state index contributed by atoms with van der Waals surface area (Å²) in [6.07, 6.45) is 4.70. The van der Waals surface area contributed by atoms with Gasteiger partial charge in [0.05, 0.1) is 18.4 Å². The lowest BCUT2D eigenvalue weighted by molar-refractivity contribution is 0.0526. The number of nitrogens with zero attached hydrogens (tertiary/aromatic N) is 5. The summed E-state index contributed by atoms with van der Waals surface area (Å²) in [6, 6.07) is 0. The predicted octanol–water partition coefficient (Wildman–Crippen LogP) is 1.36. The monoisotopic (exact) mass is 277 g/mol. The Morgan fingerprint density at radius 1 is 1.40 bits per heavy atom. The van der Waals surface area contributed by atoms with Gasteiger partial charge in [-0.3, -0.25) is 4.68 Å². The Kier molecular flexibility index (Phi) is 4.49. The lowest BCUT2D eigenvalue weighted by Crippen LogP contribution is -2.13. The number of ether oxygens (including phenoxy) is 1. The molecule has 2 aromatic rings. The Morgan fingerprint density at radius 2 is 2.20 bits per heavy atom. The van der Waals surface area contributed by atoms with Crippen LogP contribution in [0.3, 0.4) is 0 Å². The molecule has 0 fully saturated rings. The molecule has 108 valence electrons. The maximum absolute atomic E-state index is 11.6. The van der Waals surface area contributed by atoms with E-state index in [1.807, 2.05) is 4.68 Å². The van der Waals surface area contributed by atoms with Gasteiger partial charge in [0.2, 0.25) is 0 Å². The molecule has 0 N–H and O–H groups in total. The smallest absolute Gasteiger partial charge is 0.341 e. The van der Waals surface area contributed by atoms with Gasteiger partial charge < -0.3 is 4.74 Å². The molecule has 0 unspecified atom stereocenters. The fourth-order valence-electron chi connectivity index (χ4n) is 1.82.